The number of thioether (sulfide) groups is 2. The van der Waals surface area contributed by atoms with Crippen LogP contribution in [0.25, 0.3) is 0 Å². The molecule has 20 heavy (non-hydrogen) atoms. The standard InChI is InChI=1S/C15H13BrO2S2/c16-14-7-6-12(10-13(14)15(17)18)20-9-8-19-11-4-2-1-3-5-11/h1-7,10H,8-9H2,(H,17,18). The van der Waals surface area contributed by atoms with Crippen molar-refractivity contribution in [2.75, 3.05) is 11.5 Å². The molecule has 0 atom stereocenters. The zero-order valence-electron chi connectivity index (χ0n) is 10.6. The van der Waals surface area contributed by atoms with Gasteiger partial charge in [0.05, 0.1) is 5.56 Å². The van der Waals surface area contributed by atoms with Crippen LogP contribution < -0.4 is 0 Å². The second-order valence-electron chi connectivity index (χ2n) is 3.96. The van der Waals surface area contributed by atoms with Crippen molar-refractivity contribution in [3.05, 3.63) is 58.6 Å². The average molecular weight is 369 g/mol. The van der Waals surface area contributed by atoms with Gasteiger partial charge in [0.2, 0.25) is 0 Å². The number of aromatic carboxylic acids is 1. The number of hydrogen-bond donors (Lipinski definition) is 1. The highest BCUT2D eigenvalue weighted by atomic mass is 79.9. The second-order valence-corrected chi connectivity index (χ2v) is 7.15. The maximum absolute atomic E-state index is 11.0. The molecule has 0 heterocycles. The lowest BCUT2D eigenvalue weighted by Crippen LogP contribution is -1.97. The minimum absolute atomic E-state index is 0.311. The van der Waals surface area contributed by atoms with Crippen LogP contribution in [0.5, 0.6) is 0 Å². The van der Waals surface area contributed by atoms with Crippen LogP contribution in [0.4, 0.5) is 0 Å². The van der Waals surface area contributed by atoms with E-state index in [1.807, 2.05) is 24.3 Å². The van der Waals surface area contributed by atoms with Crippen LogP contribution in [0.15, 0.2) is 62.8 Å². The number of carbonyl (C=O) groups is 1. The minimum atomic E-state index is -0.905. The van der Waals surface area contributed by atoms with Crippen molar-refractivity contribution in [3.8, 4) is 0 Å². The van der Waals surface area contributed by atoms with Crippen LogP contribution in [-0.4, -0.2) is 22.6 Å². The molecule has 0 aliphatic carbocycles. The van der Waals surface area contributed by atoms with E-state index in [2.05, 4.69) is 28.1 Å². The number of halogens is 1. The van der Waals surface area contributed by atoms with Gasteiger partial charge in [0.15, 0.2) is 0 Å². The van der Waals surface area contributed by atoms with Crippen molar-refractivity contribution in [1.29, 1.82) is 0 Å². The lowest BCUT2D eigenvalue weighted by Gasteiger charge is -2.05. The first-order valence-electron chi connectivity index (χ1n) is 6.00. The van der Waals surface area contributed by atoms with E-state index in [9.17, 15) is 4.79 Å². The number of carboxylic acids is 1. The Morgan fingerprint density at radius 3 is 2.30 bits per heavy atom. The number of carboxylic acid groups (broad SMARTS) is 1. The summed E-state index contributed by atoms with van der Waals surface area (Å²) in [4.78, 5) is 13.3. The highest BCUT2D eigenvalue weighted by Gasteiger charge is 2.09. The van der Waals surface area contributed by atoms with Gasteiger partial charge < -0.3 is 5.11 Å². The van der Waals surface area contributed by atoms with Gasteiger partial charge in [-0.2, -0.15) is 0 Å². The maximum Gasteiger partial charge on any atom is 0.336 e. The van der Waals surface area contributed by atoms with E-state index in [4.69, 9.17) is 5.11 Å². The molecule has 1 N–H and O–H groups in total. The third-order valence-corrected chi connectivity index (χ3v) is 5.49. The van der Waals surface area contributed by atoms with Gasteiger partial charge in [0.25, 0.3) is 0 Å². The Labute approximate surface area is 135 Å². The largest absolute Gasteiger partial charge is 0.478 e. The van der Waals surface area contributed by atoms with Crippen molar-refractivity contribution in [1.82, 2.24) is 0 Å². The summed E-state index contributed by atoms with van der Waals surface area (Å²) < 4.78 is 0.619. The summed E-state index contributed by atoms with van der Waals surface area (Å²) >= 11 is 6.73. The third kappa shape index (κ3) is 4.58. The summed E-state index contributed by atoms with van der Waals surface area (Å²) in [5.41, 5.74) is 0.311. The monoisotopic (exact) mass is 368 g/mol. The van der Waals surface area contributed by atoms with Gasteiger partial charge in [0.1, 0.15) is 0 Å². The zero-order chi connectivity index (χ0) is 14.4. The van der Waals surface area contributed by atoms with Gasteiger partial charge in [-0.25, -0.2) is 4.79 Å². The van der Waals surface area contributed by atoms with Gasteiger partial charge in [0, 0.05) is 25.8 Å². The molecule has 0 bridgehead atoms. The van der Waals surface area contributed by atoms with E-state index in [1.54, 1.807) is 35.7 Å². The molecule has 0 spiro atoms. The van der Waals surface area contributed by atoms with Crippen molar-refractivity contribution >= 4 is 45.4 Å². The van der Waals surface area contributed by atoms with Gasteiger partial charge >= 0.3 is 5.97 Å². The molecular weight excluding hydrogens is 356 g/mol. The summed E-state index contributed by atoms with van der Waals surface area (Å²) in [7, 11) is 0. The molecule has 0 saturated heterocycles. The average Bonchev–Trinajstić information content (AvgIpc) is 2.46. The molecule has 0 radical (unpaired) electrons. The van der Waals surface area contributed by atoms with Crippen molar-refractivity contribution < 1.29 is 9.90 Å². The van der Waals surface area contributed by atoms with Crippen LogP contribution in [0.2, 0.25) is 0 Å². The second kappa shape index (κ2) is 7.76. The van der Waals surface area contributed by atoms with Gasteiger partial charge in [-0.05, 0) is 46.3 Å². The first kappa shape index (κ1) is 15.5. The Morgan fingerprint density at radius 1 is 1.00 bits per heavy atom. The fourth-order valence-corrected chi connectivity index (χ4v) is 3.86. The topological polar surface area (TPSA) is 37.3 Å². The summed E-state index contributed by atoms with van der Waals surface area (Å²) in [6, 6.07) is 15.7. The SMILES string of the molecule is O=C(O)c1cc(SCCSc2ccccc2)ccc1Br. The fourth-order valence-electron chi connectivity index (χ4n) is 1.59. The van der Waals surface area contributed by atoms with Gasteiger partial charge in [-0.15, -0.1) is 23.5 Å². The Bertz CT molecular complexity index is 588. The molecule has 0 saturated carbocycles. The minimum Gasteiger partial charge on any atom is -0.478 e. The number of benzene rings is 2. The van der Waals surface area contributed by atoms with Gasteiger partial charge in [-0.1, -0.05) is 18.2 Å². The predicted octanol–water partition coefficient (Wildman–Crippen LogP) is 5.03. The van der Waals surface area contributed by atoms with E-state index in [0.29, 0.717) is 10.0 Å². The Kier molecular flexibility index (Phi) is 6.01. The first-order chi connectivity index (χ1) is 9.66. The molecule has 104 valence electrons. The molecule has 0 aromatic heterocycles. The first-order valence-corrected chi connectivity index (χ1v) is 8.77. The van der Waals surface area contributed by atoms with Crippen LogP contribution in [-0.2, 0) is 0 Å². The number of hydrogen-bond acceptors (Lipinski definition) is 3. The molecule has 0 aliphatic rings. The third-order valence-electron chi connectivity index (χ3n) is 2.53. The van der Waals surface area contributed by atoms with Crippen LogP contribution in [0.3, 0.4) is 0 Å². The highest BCUT2D eigenvalue weighted by Crippen LogP contribution is 2.26. The molecule has 2 nitrogen and oxygen atoms in total. The molecule has 0 aliphatic heterocycles. The zero-order valence-corrected chi connectivity index (χ0v) is 13.8. The van der Waals surface area contributed by atoms with Gasteiger partial charge in [-0.3, -0.25) is 0 Å². The molecule has 5 heteroatoms. The lowest BCUT2D eigenvalue weighted by molar-refractivity contribution is 0.0695. The maximum atomic E-state index is 11.0. The van der Waals surface area contributed by atoms with Crippen LogP contribution >= 0.6 is 39.5 Å². The number of rotatable bonds is 6. The smallest absolute Gasteiger partial charge is 0.336 e. The summed E-state index contributed by atoms with van der Waals surface area (Å²) in [5, 5.41) is 9.07. The van der Waals surface area contributed by atoms with E-state index in [0.717, 1.165) is 16.4 Å². The van der Waals surface area contributed by atoms with Crippen molar-refractivity contribution in [2.45, 2.75) is 9.79 Å². The van der Waals surface area contributed by atoms with Crippen molar-refractivity contribution in [2.24, 2.45) is 0 Å². The molecule has 2 aromatic rings. The van der Waals surface area contributed by atoms with Crippen molar-refractivity contribution in [3.63, 3.8) is 0 Å². The van der Waals surface area contributed by atoms with E-state index < -0.39 is 5.97 Å². The summed E-state index contributed by atoms with van der Waals surface area (Å²) in [5.74, 6) is 1.03. The quantitative estimate of drug-likeness (QED) is 0.572. The molecular formula is C15H13BrO2S2. The normalized spacial score (nSPS) is 10.4. The highest BCUT2D eigenvalue weighted by molar-refractivity contribution is 9.10. The lowest BCUT2D eigenvalue weighted by atomic mass is 10.2. The molecule has 2 rings (SSSR count). The Hall–Kier alpha value is -0.910. The fraction of sp³-hybridized carbons (Fsp3) is 0.133. The van der Waals surface area contributed by atoms with E-state index in [1.165, 1.54) is 4.90 Å². The Balaban J connectivity index is 1.85. The van der Waals surface area contributed by atoms with Crippen LogP contribution in [0.1, 0.15) is 10.4 Å². The molecule has 2 aromatic carbocycles. The molecule has 0 unspecified atom stereocenters. The summed E-state index contributed by atoms with van der Waals surface area (Å²) in [6.45, 7) is 0. The molecule has 0 amide bonds. The Morgan fingerprint density at radius 2 is 1.65 bits per heavy atom. The summed E-state index contributed by atoms with van der Waals surface area (Å²) in [6.07, 6.45) is 0. The van der Waals surface area contributed by atoms with E-state index in [-0.39, 0.29) is 0 Å². The predicted molar refractivity (Wildman–Crippen MR) is 89.0 cm³/mol. The molecule has 0 fully saturated rings. The van der Waals surface area contributed by atoms with Crippen LogP contribution in [0, 0.1) is 0 Å². The van der Waals surface area contributed by atoms with E-state index >= 15 is 0 Å².